The lowest BCUT2D eigenvalue weighted by Gasteiger charge is -2.05. The third-order valence-electron chi connectivity index (χ3n) is 2.79. The Morgan fingerprint density at radius 3 is 2.48 bits per heavy atom. The van der Waals surface area contributed by atoms with Crippen LogP contribution in [0.1, 0.15) is 0 Å². The molecule has 0 saturated heterocycles. The molecular weight excluding hydrogens is 296 g/mol. The smallest absolute Gasteiger partial charge is 0.270 e. The summed E-state index contributed by atoms with van der Waals surface area (Å²) >= 11 is 0. The minimum absolute atomic E-state index is 0.251. The van der Waals surface area contributed by atoms with Gasteiger partial charge in [-0.2, -0.15) is 0 Å². The number of benzene rings is 2. The number of rotatable bonds is 8. The summed E-state index contributed by atoms with van der Waals surface area (Å²) in [5.41, 5.74) is 0.648. The maximum Gasteiger partial charge on any atom is 0.270 e. The summed E-state index contributed by atoms with van der Waals surface area (Å²) in [6.07, 6.45) is 1.08. The number of carbonyl (C=O) groups excluding carboxylic acids is 1. The van der Waals surface area contributed by atoms with E-state index in [0.717, 1.165) is 17.7 Å². The van der Waals surface area contributed by atoms with Gasteiger partial charge in [0, 0.05) is 5.69 Å². The Morgan fingerprint density at radius 2 is 1.78 bits per heavy atom. The van der Waals surface area contributed by atoms with Gasteiger partial charge in [0.15, 0.2) is 6.61 Å². The second-order valence-electron chi connectivity index (χ2n) is 4.45. The molecule has 1 N–H and O–H groups in total. The van der Waals surface area contributed by atoms with Gasteiger partial charge in [-0.15, -0.1) is 0 Å². The molecule has 0 unspecified atom stereocenters. The number of nitrogens with one attached hydrogen (secondary N) is 1. The van der Waals surface area contributed by atoms with Crippen molar-refractivity contribution in [2.75, 3.05) is 25.6 Å². The van der Waals surface area contributed by atoms with E-state index in [4.69, 9.17) is 14.3 Å². The van der Waals surface area contributed by atoms with Crippen LogP contribution in [0.25, 0.3) is 0 Å². The summed E-state index contributed by atoms with van der Waals surface area (Å²) in [4.78, 5) is 16.6. The van der Waals surface area contributed by atoms with Crippen molar-refractivity contribution in [3.8, 4) is 11.5 Å². The first-order valence-electron chi connectivity index (χ1n) is 7.06. The van der Waals surface area contributed by atoms with Crippen LogP contribution in [0.15, 0.2) is 59.8 Å². The van der Waals surface area contributed by atoms with Gasteiger partial charge in [0.25, 0.3) is 5.91 Å². The highest BCUT2D eigenvalue weighted by Crippen LogP contribution is 2.14. The molecule has 0 fully saturated rings. The highest BCUT2D eigenvalue weighted by atomic mass is 16.6. The Labute approximate surface area is 134 Å². The molecule has 0 bridgehead atoms. The molecule has 2 aromatic carbocycles. The van der Waals surface area contributed by atoms with Gasteiger partial charge in [-0.25, -0.2) is 0 Å². The number of carbonyl (C=O) groups is 1. The Balaban J connectivity index is 1.63. The quantitative estimate of drug-likeness (QED) is 0.462. The molecule has 0 aromatic heterocycles. The van der Waals surface area contributed by atoms with Crippen molar-refractivity contribution >= 4 is 17.8 Å². The minimum Gasteiger partial charge on any atom is -0.497 e. The number of ether oxygens (including phenoxy) is 2. The lowest BCUT2D eigenvalue weighted by atomic mass is 10.3. The fourth-order valence-corrected chi connectivity index (χ4v) is 1.70. The second-order valence-corrected chi connectivity index (χ2v) is 4.45. The van der Waals surface area contributed by atoms with Gasteiger partial charge in [0.05, 0.1) is 7.11 Å². The molecule has 1 amide bonds. The standard InChI is InChI=1S/C17H18N2O4/c1-21-15-9-7-14(8-10-15)19-17(20)13-18-23-12-11-22-16-5-3-2-4-6-16/h2-10,13H,11-12H2,1H3,(H,19,20). The highest BCUT2D eigenvalue weighted by molar-refractivity contribution is 6.31. The lowest BCUT2D eigenvalue weighted by molar-refractivity contribution is -0.110. The molecule has 23 heavy (non-hydrogen) atoms. The zero-order chi connectivity index (χ0) is 16.3. The summed E-state index contributed by atoms with van der Waals surface area (Å²) in [7, 11) is 1.58. The molecule has 0 aliphatic heterocycles. The summed E-state index contributed by atoms with van der Waals surface area (Å²) in [5, 5.41) is 6.25. The van der Waals surface area contributed by atoms with Crippen molar-refractivity contribution in [1.82, 2.24) is 0 Å². The number of hydrogen-bond donors (Lipinski definition) is 1. The summed E-state index contributed by atoms with van der Waals surface area (Å²) in [6.45, 7) is 0.600. The van der Waals surface area contributed by atoms with Crippen molar-refractivity contribution in [2.45, 2.75) is 0 Å². The van der Waals surface area contributed by atoms with Gasteiger partial charge in [-0.1, -0.05) is 23.4 Å². The molecule has 2 aromatic rings. The second kappa shape index (κ2) is 9.09. The van der Waals surface area contributed by atoms with Crippen LogP contribution in [0, 0.1) is 0 Å². The van der Waals surface area contributed by atoms with Gasteiger partial charge >= 0.3 is 0 Å². The molecule has 0 aliphatic rings. The SMILES string of the molecule is COc1ccc(NC(=O)C=NOCCOc2ccccc2)cc1. The molecule has 0 aliphatic carbocycles. The first-order chi connectivity index (χ1) is 11.3. The van der Waals surface area contributed by atoms with E-state index < -0.39 is 0 Å². The van der Waals surface area contributed by atoms with Crippen molar-refractivity contribution in [2.24, 2.45) is 5.16 Å². The predicted octanol–water partition coefficient (Wildman–Crippen LogP) is 2.72. The van der Waals surface area contributed by atoms with Crippen LogP contribution >= 0.6 is 0 Å². The Morgan fingerprint density at radius 1 is 1.04 bits per heavy atom. The van der Waals surface area contributed by atoms with E-state index in [2.05, 4.69) is 10.5 Å². The van der Waals surface area contributed by atoms with Crippen LogP contribution < -0.4 is 14.8 Å². The fraction of sp³-hybridized carbons (Fsp3) is 0.176. The molecule has 0 radical (unpaired) electrons. The Bertz CT molecular complexity index is 627. The maximum atomic E-state index is 11.6. The van der Waals surface area contributed by atoms with Crippen LogP contribution in [0.5, 0.6) is 11.5 Å². The minimum atomic E-state index is -0.376. The van der Waals surface area contributed by atoms with Gasteiger partial charge < -0.3 is 19.6 Å². The average molecular weight is 314 g/mol. The number of para-hydroxylation sites is 1. The van der Waals surface area contributed by atoms with E-state index >= 15 is 0 Å². The van der Waals surface area contributed by atoms with E-state index in [1.165, 1.54) is 0 Å². The fourth-order valence-electron chi connectivity index (χ4n) is 1.70. The average Bonchev–Trinajstić information content (AvgIpc) is 2.59. The van der Waals surface area contributed by atoms with Gasteiger partial charge in [0.1, 0.15) is 24.3 Å². The molecule has 2 rings (SSSR count). The number of anilines is 1. The van der Waals surface area contributed by atoms with E-state index in [1.54, 1.807) is 31.4 Å². The molecule has 6 nitrogen and oxygen atoms in total. The van der Waals surface area contributed by atoms with Crippen molar-refractivity contribution in [1.29, 1.82) is 0 Å². The third-order valence-corrected chi connectivity index (χ3v) is 2.79. The van der Waals surface area contributed by atoms with Crippen molar-refractivity contribution in [3.05, 3.63) is 54.6 Å². The van der Waals surface area contributed by atoms with Crippen molar-refractivity contribution < 1.29 is 19.1 Å². The normalized spacial score (nSPS) is 10.3. The van der Waals surface area contributed by atoms with E-state index in [-0.39, 0.29) is 12.5 Å². The molecular formula is C17H18N2O4. The first-order valence-corrected chi connectivity index (χ1v) is 7.06. The first kappa shape index (κ1) is 16.4. The number of oxime groups is 1. The molecule has 0 atom stereocenters. The summed E-state index contributed by atoms with van der Waals surface area (Å²) < 4.78 is 10.5. The maximum absolute atomic E-state index is 11.6. The number of amides is 1. The van der Waals surface area contributed by atoms with Crippen LogP contribution in [-0.2, 0) is 9.63 Å². The highest BCUT2D eigenvalue weighted by Gasteiger charge is 1.99. The largest absolute Gasteiger partial charge is 0.497 e. The zero-order valence-electron chi connectivity index (χ0n) is 12.8. The van der Waals surface area contributed by atoms with E-state index in [1.807, 2.05) is 30.3 Å². The monoisotopic (exact) mass is 314 g/mol. The van der Waals surface area contributed by atoms with Crippen LogP contribution in [0.3, 0.4) is 0 Å². The zero-order valence-corrected chi connectivity index (χ0v) is 12.8. The Kier molecular flexibility index (Phi) is 6.46. The molecule has 120 valence electrons. The van der Waals surface area contributed by atoms with Gasteiger partial charge in [-0.05, 0) is 36.4 Å². The molecule has 0 spiro atoms. The van der Waals surface area contributed by atoms with Crippen LogP contribution in [-0.4, -0.2) is 32.4 Å². The number of nitrogens with zero attached hydrogens (tertiary/aromatic N) is 1. The van der Waals surface area contributed by atoms with Crippen LogP contribution in [0.4, 0.5) is 5.69 Å². The topological polar surface area (TPSA) is 69.2 Å². The summed E-state index contributed by atoms with van der Waals surface area (Å²) in [6, 6.07) is 16.4. The predicted molar refractivity (Wildman–Crippen MR) is 88.0 cm³/mol. The van der Waals surface area contributed by atoms with E-state index in [0.29, 0.717) is 12.3 Å². The Hall–Kier alpha value is -3.02. The number of hydrogen-bond acceptors (Lipinski definition) is 5. The third kappa shape index (κ3) is 6.09. The van der Waals surface area contributed by atoms with Gasteiger partial charge in [0.2, 0.25) is 0 Å². The van der Waals surface area contributed by atoms with E-state index in [9.17, 15) is 4.79 Å². The summed E-state index contributed by atoms with van der Waals surface area (Å²) in [5.74, 6) is 1.11. The molecule has 0 saturated carbocycles. The molecule has 0 heterocycles. The van der Waals surface area contributed by atoms with Crippen LogP contribution in [0.2, 0.25) is 0 Å². The van der Waals surface area contributed by atoms with Gasteiger partial charge in [-0.3, -0.25) is 4.79 Å². The van der Waals surface area contributed by atoms with Crippen molar-refractivity contribution in [3.63, 3.8) is 0 Å². The number of methoxy groups -OCH3 is 1. The molecule has 6 heteroatoms. The lowest BCUT2D eigenvalue weighted by Crippen LogP contribution is -2.13.